The molecule has 0 spiro atoms. The van der Waals surface area contributed by atoms with Gasteiger partial charge in [-0.2, -0.15) is 0 Å². The van der Waals surface area contributed by atoms with Gasteiger partial charge in [0.05, 0.1) is 11.5 Å². The fraction of sp³-hybridized carbons (Fsp3) is 0.400. The van der Waals surface area contributed by atoms with Gasteiger partial charge in [-0.25, -0.2) is 8.78 Å². The minimum Gasteiger partial charge on any atom is -0.307 e. The summed E-state index contributed by atoms with van der Waals surface area (Å²) in [6.07, 6.45) is -2.42. The van der Waals surface area contributed by atoms with Crippen LogP contribution in [0.2, 0.25) is 0 Å². The Labute approximate surface area is 91.4 Å². The van der Waals surface area contributed by atoms with Crippen molar-refractivity contribution in [3.8, 4) is 0 Å². The summed E-state index contributed by atoms with van der Waals surface area (Å²) in [5.74, 6) is 0. The average Bonchev–Trinajstić information content (AvgIpc) is 2.19. The highest BCUT2D eigenvalue weighted by molar-refractivity contribution is 5.42. The molecule has 1 rings (SSSR count). The van der Waals surface area contributed by atoms with Crippen LogP contribution in [0, 0.1) is 17.0 Å². The highest BCUT2D eigenvalue weighted by Crippen LogP contribution is 2.18. The van der Waals surface area contributed by atoms with Crippen LogP contribution in [0.3, 0.4) is 0 Å². The van der Waals surface area contributed by atoms with Crippen LogP contribution < -0.4 is 5.32 Å². The first-order valence-corrected chi connectivity index (χ1v) is 4.73. The molecule has 0 atom stereocenters. The second-order valence-electron chi connectivity index (χ2n) is 3.40. The summed E-state index contributed by atoms with van der Waals surface area (Å²) in [7, 11) is 0. The molecule has 0 bridgehead atoms. The van der Waals surface area contributed by atoms with Gasteiger partial charge in [0.1, 0.15) is 0 Å². The molecule has 0 aliphatic heterocycles. The fourth-order valence-electron chi connectivity index (χ4n) is 1.29. The normalized spacial score (nSPS) is 10.8. The van der Waals surface area contributed by atoms with Crippen molar-refractivity contribution in [1.29, 1.82) is 0 Å². The number of nitrogens with one attached hydrogen (secondary N) is 1. The Bertz CT molecular complexity index is 383. The molecule has 1 N–H and O–H groups in total. The predicted molar refractivity (Wildman–Crippen MR) is 55.5 cm³/mol. The zero-order valence-corrected chi connectivity index (χ0v) is 8.74. The molecule has 16 heavy (non-hydrogen) atoms. The number of halogens is 2. The molecule has 0 aliphatic carbocycles. The second-order valence-corrected chi connectivity index (χ2v) is 3.40. The van der Waals surface area contributed by atoms with Gasteiger partial charge >= 0.3 is 0 Å². The summed E-state index contributed by atoms with van der Waals surface area (Å²) in [6.45, 7) is 1.42. The molecule has 88 valence electrons. The van der Waals surface area contributed by atoms with Gasteiger partial charge in [0.15, 0.2) is 0 Å². The maximum atomic E-state index is 11.8. The molecule has 0 aliphatic rings. The number of hydrogen-bond donors (Lipinski definition) is 1. The van der Waals surface area contributed by atoms with E-state index in [0.29, 0.717) is 11.1 Å². The third kappa shape index (κ3) is 3.54. The zero-order chi connectivity index (χ0) is 12.1. The number of nitro benzene ring substituents is 1. The summed E-state index contributed by atoms with van der Waals surface area (Å²) in [5, 5.41) is 13.1. The van der Waals surface area contributed by atoms with Crippen LogP contribution in [-0.2, 0) is 6.54 Å². The van der Waals surface area contributed by atoms with Crippen molar-refractivity contribution in [3.63, 3.8) is 0 Å². The Hall–Kier alpha value is -1.56. The van der Waals surface area contributed by atoms with Crippen molar-refractivity contribution in [2.75, 3.05) is 6.54 Å². The molecule has 0 saturated heterocycles. The molecule has 0 heterocycles. The first kappa shape index (κ1) is 12.5. The first-order valence-electron chi connectivity index (χ1n) is 4.73. The van der Waals surface area contributed by atoms with E-state index in [1.165, 1.54) is 6.07 Å². The van der Waals surface area contributed by atoms with Crippen LogP contribution in [0.1, 0.15) is 11.1 Å². The van der Waals surface area contributed by atoms with Crippen LogP contribution in [0.4, 0.5) is 14.5 Å². The van der Waals surface area contributed by atoms with Crippen molar-refractivity contribution in [2.45, 2.75) is 19.9 Å². The van der Waals surface area contributed by atoms with E-state index in [0.717, 1.165) is 0 Å². The van der Waals surface area contributed by atoms with E-state index in [1.807, 2.05) is 0 Å². The Balaban J connectivity index is 2.68. The third-order valence-electron chi connectivity index (χ3n) is 2.10. The summed E-state index contributed by atoms with van der Waals surface area (Å²) >= 11 is 0. The highest BCUT2D eigenvalue weighted by Gasteiger charge is 2.10. The van der Waals surface area contributed by atoms with Crippen LogP contribution >= 0.6 is 0 Å². The highest BCUT2D eigenvalue weighted by atomic mass is 19.3. The number of rotatable bonds is 5. The molecular weight excluding hydrogens is 218 g/mol. The molecule has 0 aromatic heterocycles. The summed E-state index contributed by atoms with van der Waals surface area (Å²) < 4.78 is 23.7. The van der Waals surface area contributed by atoms with Gasteiger partial charge in [0.25, 0.3) is 12.1 Å². The van der Waals surface area contributed by atoms with E-state index >= 15 is 0 Å². The van der Waals surface area contributed by atoms with E-state index in [1.54, 1.807) is 19.1 Å². The molecule has 0 unspecified atom stereocenters. The van der Waals surface area contributed by atoms with Gasteiger partial charge in [-0.05, 0) is 12.5 Å². The van der Waals surface area contributed by atoms with Crippen LogP contribution in [-0.4, -0.2) is 17.9 Å². The maximum absolute atomic E-state index is 11.8. The lowest BCUT2D eigenvalue weighted by molar-refractivity contribution is -0.385. The Kier molecular flexibility index (Phi) is 4.30. The molecule has 0 amide bonds. The predicted octanol–water partition coefficient (Wildman–Crippen LogP) is 2.26. The van der Waals surface area contributed by atoms with E-state index in [9.17, 15) is 18.9 Å². The number of nitro groups is 1. The maximum Gasteiger partial charge on any atom is 0.272 e. The standard InChI is InChI=1S/C10H12F2N2O2/c1-7-2-3-8(4-9(7)14(15)16)5-13-6-10(11)12/h2-4,10,13H,5-6H2,1H3. The van der Waals surface area contributed by atoms with Crippen LogP contribution in [0.5, 0.6) is 0 Å². The Morgan fingerprint density at radius 3 is 2.75 bits per heavy atom. The minimum atomic E-state index is -2.42. The van der Waals surface area contributed by atoms with Gasteiger partial charge in [-0.15, -0.1) is 0 Å². The Morgan fingerprint density at radius 1 is 1.50 bits per heavy atom. The number of hydrogen-bond acceptors (Lipinski definition) is 3. The molecule has 1 aromatic carbocycles. The van der Waals surface area contributed by atoms with Gasteiger partial charge in [-0.1, -0.05) is 12.1 Å². The number of aryl methyl sites for hydroxylation is 1. The molecule has 0 saturated carbocycles. The number of alkyl halides is 2. The third-order valence-corrected chi connectivity index (χ3v) is 2.10. The van der Waals surface area contributed by atoms with E-state index in [2.05, 4.69) is 5.32 Å². The van der Waals surface area contributed by atoms with Gasteiger partial charge in [0, 0.05) is 18.2 Å². The zero-order valence-electron chi connectivity index (χ0n) is 8.74. The van der Waals surface area contributed by atoms with Gasteiger partial charge < -0.3 is 5.32 Å². The van der Waals surface area contributed by atoms with Crippen molar-refractivity contribution in [2.24, 2.45) is 0 Å². The summed E-state index contributed by atoms with van der Waals surface area (Å²) in [4.78, 5) is 10.1. The summed E-state index contributed by atoms with van der Waals surface area (Å²) in [6, 6.07) is 4.69. The molecular formula is C10H12F2N2O2. The topological polar surface area (TPSA) is 55.2 Å². The van der Waals surface area contributed by atoms with Crippen LogP contribution in [0.25, 0.3) is 0 Å². The quantitative estimate of drug-likeness (QED) is 0.623. The van der Waals surface area contributed by atoms with Crippen molar-refractivity contribution >= 4 is 5.69 Å². The molecule has 6 heteroatoms. The fourth-order valence-corrected chi connectivity index (χ4v) is 1.29. The first-order chi connectivity index (χ1) is 7.50. The lowest BCUT2D eigenvalue weighted by Gasteiger charge is -2.05. The van der Waals surface area contributed by atoms with Crippen molar-refractivity contribution in [3.05, 3.63) is 39.4 Å². The smallest absolute Gasteiger partial charge is 0.272 e. The molecule has 1 aromatic rings. The summed E-state index contributed by atoms with van der Waals surface area (Å²) in [5.41, 5.74) is 1.19. The lowest BCUT2D eigenvalue weighted by Crippen LogP contribution is -2.20. The largest absolute Gasteiger partial charge is 0.307 e. The van der Waals surface area contributed by atoms with Gasteiger partial charge in [-0.3, -0.25) is 10.1 Å². The SMILES string of the molecule is Cc1ccc(CNCC(F)F)cc1[N+](=O)[O-]. The minimum absolute atomic E-state index is 0.0105. The van der Waals surface area contributed by atoms with Crippen LogP contribution in [0.15, 0.2) is 18.2 Å². The average molecular weight is 230 g/mol. The van der Waals surface area contributed by atoms with E-state index < -0.39 is 17.9 Å². The van der Waals surface area contributed by atoms with Crippen molar-refractivity contribution < 1.29 is 13.7 Å². The van der Waals surface area contributed by atoms with Crippen molar-refractivity contribution in [1.82, 2.24) is 5.32 Å². The van der Waals surface area contributed by atoms with E-state index in [4.69, 9.17) is 0 Å². The molecule has 0 fully saturated rings. The molecule has 0 radical (unpaired) electrons. The van der Waals surface area contributed by atoms with E-state index in [-0.39, 0.29) is 12.2 Å². The molecule has 4 nitrogen and oxygen atoms in total. The number of benzene rings is 1. The lowest BCUT2D eigenvalue weighted by atomic mass is 10.1. The monoisotopic (exact) mass is 230 g/mol. The number of nitrogens with zero attached hydrogens (tertiary/aromatic N) is 1. The van der Waals surface area contributed by atoms with Gasteiger partial charge in [0.2, 0.25) is 0 Å². The Morgan fingerprint density at radius 2 is 2.19 bits per heavy atom. The second kappa shape index (κ2) is 5.50.